The van der Waals surface area contributed by atoms with Crippen LogP contribution in [-0.2, 0) is 23.2 Å². The van der Waals surface area contributed by atoms with Crippen molar-refractivity contribution in [2.24, 2.45) is 0 Å². The Morgan fingerprint density at radius 3 is 2.68 bits per heavy atom. The van der Waals surface area contributed by atoms with Crippen LogP contribution in [0.2, 0.25) is 0 Å². The van der Waals surface area contributed by atoms with E-state index in [0.717, 1.165) is 19.5 Å². The van der Waals surface area contributed by atoms with Gasteiger partial charge in [-0.25, -0.2) is 0 Å². The smallest absolute Gasteiger partial charge is 0.304 e. The standard InChI is InChI=1S/C16H23NO2/c1-16(2,3)14-5-4-12-6-8-17(9-7-15(18)19)11-13(12)10-14/h4-5,10H,6-9,11H2,1-3H3,(H,18,19). The molecule has 1 aromatic rings. The summed E-state index contributed by atoms with van der Waals surface area (Å²) in [4.78, 5) is 12.9. The van der Waals surface area contributed by atoms with Crippen molar-refractivity contribution in [1.82, 2.24) is 4.90 Å². The van der Waals surface area contributed by atoms with E-state index >= 15 is 0 Å². The quantitative estimate of drug-likeness (QED) is 0.909. The minimum atomic E-state index is -0.714. The molecule has 0 aromatic heterocycles. The largest absolute Gasteiger partial charge is 0.481 e. The molecule has 0 radical (unpaired) electrons. The summed E-state index contributed by atoms with van der Waals surface area (Å²) in [6, 6.07) is 6.76. The molecule has 3 heteroatoms. The maximum absolute atomic E-state index is 10.6. The zero-order valence-electron chi connectivity index (χ0n) is 12.1. The molecule has 1 N–H and O–H groups in total. The maximum Gasteiger partial charge on any atom is 0.304 e. The highest BCUT2D eigenvalue weighted by molar-refractivity contribution is 5.66. The number of carboxylic acids is 1. The van der Waals surface area contributed by atoms with Crippen LogP contribution in [0.25, 0.3) is 0 Å². The molecule has 104 valence electrons. The molecule has 0 spiro atoms. The molecule has 0 amide bonds. The lowest BCUT2D eigenvalue weighted by atomic mass is 9.84. The molecule has 3 nitrogen and oxygen atoms in total. The highest BCUT2D eigenvalue weighted by atomic mass is 16.4. The van der Waals surface area contributed by atoms with Gasteiger partial charge in [0.2, 0.25) is 0 Å². The van der Waals surface area contributed by atoms with E-state index in [2.05, 4.69) is 43.9 Å². The lowest BCUT2D eigenvalue weighted by Gasteiger charge is -2.30. The average molecular weight is 261 g/mol. The summed E-state index contributed by atoms with van der Waals surface area (Å²) in [6.07, 6.45) is 1.26. The Balaban J connectivity index is 2.12. The van der Waals surface area contributed by atoms with Crippen molar-refractivity contribution in [2.75, 3.05) is 13.1 Å². The Kier molecular flexibility index (Phi) is 3.95. The number of benzene rings is 1. The summed E-state index contributed by atoms with van der Waals surface area (Å²) in [7, 11) is 0. The van der Waals surface area contributed by atoms with Crippen molar-refractivity contribution in [3.8, 4) is 0 Å². The van der Waals surface area contributed by atoms with E-state index in [1.165, 1.54) is 16.7 Å². The third-order valence-electron chi connectivity index (χ3n) is 3.81. The molecule has 2 rings (SSSR count). The van der Waals surface area contributed by atoms with Gasteiger partial charge < -0.3 is 5.11 Å². The van der Waals surface area contributed by atoms with E-state index in [4.69, 9.17) is 5.11 Å². The summed E-state index contributed by atoms with van der Waals surface area (Å²) >= 11 is 0. The van der Waals surface area contributed by atoms with Crippen molar-refractivity contribution in [2.45, 2.75) is 45.6 Å². The fourth-order valence-electron chi connectivity index (χ4n) is 2.53. The van der Waals surface area contributed by atoms with Crippen LogP contribution in [0, 0.1) is 0 Å². The number of fused-ring (bicyclic) bond motifs is 1. The van der Waals surface area contributed by atoms with Gasteiger partial charge in [-0.05, 0) is 28.5 Å². The van der Waals surface area contributed by atoms with Crippen LogP contribution in [0.1, 0.15) is 43.9 Å². The molecule has 0 unspecified atom stereocenters. The molecule has 19 heavy (non-hydrogen) atoms. The van der Waals surface area contributed by atoms with Crippen LogP contribution < -0.4 is 0 Å². The molecule has 0 atom stereocenters. The summed E-state index contributed by atoms with van der Waals surface area (Å²) in [5.74, 6) is -0.714. The van der Waals surface area contributed by atoms with Crippen molar-refractivity contribution in [3.63, 3.8) is 0 Å². The Morgan fingerprint density at radius 2 is 2.05 bits per heavy atom. The van der Waals surface area contributed by atoms with Crippen molar-refractivity contribution >= 4 is 5.97 Å². The van der Waals surface area contributed by atoms with E-state index in [9.17, 15) is 4.79 Å². The molecule has 0 saturated heterocycles. The molecular formula is C16H23NO2. The predicted octanol–water partition coefficient (Wildman–Crippen LogP) is 2.82. The zero-order valence-corrected chi connectivity index (χ0v) is 12.1. The lowest BCUT2D eigenvalue weighted by Crippen LogP contribution is -2.32. The number of carbonyl (C=O) groups is 1. The topological polar surface area (TPSA) is 40.5 Å². The summed E-state index contributed by atoms with van der Waals surface area (Å²) in [6.45, 7) is 9.16. The third kappa shape index (κ3) is 3.57. The predicted molar refractivity (Wildman–Crippen MR) is 76.4 cm³/mol. The number of nitrogens with zero attached hydrogens (tertiary/aromatic N) is 1. The molecule has 1 heterocycles. The molecular weight excluding hydrogens is 238 g/mol. The van der Waals surface area contributed by atoms with Crippen LogP contribution in [-0.4, -0.2) is 29.1 Å². The first-order valence-corrected chi connectivity index (χ1v) is 6.93. The number of hydrogen-bond donors (Lipinski definition) is 1. The molecule has 1 aliphatic heterocycles. The van der Waals surface area contributed by atoms with Crippen LogP contribution in [0.5, 0.6) is 0 Å². The molecule has 0 fully saturated rings. The Labute approximate surface area is 115 Å². The van der Waals surface area contributed by atoms with Gasteiger partial charge >= 0.3 is 5.97 Å². The minimum absolute atomic E-state index is 0.165. The van der Waals surface area contributed by atoms with Gasteiger partial charge in [0.1, 0.15) is 0 Å². The second kappa shape index (κ2) is 5.33. The Morgan fingerprint density at radius 1 is 1.32 bits per heavy atom. The van der Waals surface area contributed by atoms with Crippen LogP contribution in [0.4, 0.5) is 0 Å². The molecule has 0 bridgehead atoms. The van der Waals surface area contributed by atoms with E-state index in [1.807, 2.05) is 0 Å². The van der Waals surface area contributed by atoms with Gasteiger partial charge in [0.25, 0.3) is 0 Å². The SMILES string of the molecule is CC(C)(C)c1ccc2c(c1)CN(CCC(=O)O)CC2. The zero-order chi connectivity index (χ0) is 14.0. The molecule has 0 saturated carbocycles. The number of hydrogen-bond acceptors (Lipinski definition) is 2. The van der Waals surface area contributed by atoms with Gasteiger partial charge in [-0.15, -0.1) is 0 Å². The molecule has 1 aliphatic rings. The normalized spacial score (nSPS) is 16.2. The van der Waals surface area contributed by atoms with Gasteiger partial charge in [-0.1, -0.05) is 39.0 Å². The van der Waals surface area contributed by atoms with Crippen molar-refractivity contribution in [3.05, 3.63) is 34.9 Å². The van der Waals surface area contributed by atoms with Gasteiger partial charge in [0.15, 0.2) is 0 Å². The van der Waals surface area contributed by atoms with Gasteiger partial charge in [0.05, 0.1) is 6.42 Å². The highest BCUT2D eigenvalue weighted by Gasteiger charge is 2.20. The van der Waals surface area contributed by atoms with Gasteiger partial charge in [-0.2, -0.15) is 0 Å². The second-order valence-electron chi connectivity index (χ2n) is 6.40. The Hall–Kier alpha value is -1.35. The van der Waals surface area contributed by atoms with Gasteiger partial charge in [0, 0.05) is 19.6 Å². The molecule has 1 aromatic carbocycles. The fourth-order valence-corrected chi connectivity index (χ4v) is 2.53. The summed E-state index contributed by atoms with van der Waals surface area (Å²) in [5.41, 5.74) is 4.30. The number of rotatable bonds is 3. The average Bonchev–Trinajstić information content (AvgIpc) is 2.34. The third-order valence-corrected chi connectivity index (χ3v) is 3.81. The minimum Gasteiger partial charge on any atom is -0.481 e. The first-order valence-electron chi connectivity index (χ1n) is 6.93. The van der Waals surface area contributed by atoms with E-state index in [1.54, 1.807) is 0 Å². The summed E-state index contributed by atoms with van der Waals surface area (Å²) < 4.78 is 0. The van der Waals surface area contributed by atoms with E-state index < -0.39 is 5.97 Å². The summed E-state index contributed by atoms with van der Waals surface area (Å²) in [5, 5.41) is 8.76. The van der Waals surface area contributed by atoms with Crippen LogP contribution >= 0.6 is 0 Å². The number of carboxylic acid groups (broad SMARTS) is 1. The second-order valence-corrected chi connectivity index (χ2v) is 6.40. The van der Waals surface area contributed by atoms with Crippen LogP contribution in [0.3, 0.4) is 0 Å². The maximum atomic E-state index is 10.6. The van der Waals surface area contributed by atoms with Gasteiger partial charge in [-0.3, -0.25) is 9.69 Å². The molecule has 0 aliphatic carbocycles. The van der Waals surface area contributed by atoms with E-state index in [-0.39, 0.29) is 11.8 Å². The number of aliphatic carboxylic acids is 1. The first kappa shape index (κ1) is 14.1. The highest BCUT2D eigenvalue weighted by Crippen LogP contribution is 2.27. The van der Waals surface area contributed by atoms with Crippen molar-refractivity contribution < 1.29 is 9.90 Å². The monoisotopic (exact) mass is 261 g/mol. The lowest BCUT2D eigenvalue weighted by molar-refractivity contribution is -0.137. The van der Waals surface area contributed by atoms with E-state index in [0.29, 0.717) is 6.54 Å². The van der Waals surface area contributed by atoms with Crippen molar-refractivity contribution in [1.29, 1.82) is 0 Å². The Bertz CT molecular complexity index is 474. The first-order chi connectivity index (χ1) is 8.86. The van der Waals surface area contributed by atoms with Crippen LogP contribution in [0.15, 0.2) is 18.2 Å². The fraction of sp³-hybridized carbons (Fsp3) is 0.562.